The van der Waals surface area contributed by atoms with E-state index in [4.69, 9.17) is 11.6 Å². The Morgan fingerprint density at radius 2 is 2.22 bits per heavy atom. The molecule has 2 rings (SSSR count). The molecule has 2 aromatic rings. The van der Waals surface area contributed by atoms with Crippen LogP contribution < -0.4 is 0 Å². The minimum atomic E-state index is -0.0279. The molecule has 2 nitrogen and oxygen atoms in total. The molecule has 0 N–H and O–H groups in total. The number of amides is 1. The van der Waals surface area contributed by atoms with E-state index in [0.29, 0.717) is 17.1 Å². The lowest BCUT2D eigenvalue weighted by atomic mass is 10.2. The summed E-state index contributed by atoms with van der Waals surface area (Å²) < 4.78 is 1.07. The third-order valence-electron chi connectivity index (χ3n) is 2.46. The quantitative estimate of drug-likeness (QED) is 0.806. The third-order valence-corrected chi connectivity index (χ3v) is 4.25. The maximum Gasteiger partial charge on any atom is 0.253 e. The van der Waals surface area contributed by atoms with Gasteiger partial charge in [-0.1, -0.05) is 17.7 Å². The average Bonchev–Trinajstić information content (AvgIpc) is 2.73. The van der Waals surface area contributed by atoms with Crippen LogP contribution in [0.5, 0.6) is 0 Å². The Hall–Kier alpha value is -0.840. The average molecular weight is 345 g/mol. The van der Waals surface area contributed by atoms with Crippen molar-refractivity contribution in [3.63, 3.8) is 0 Å². The predicted molar refractivity (Wildman–Crippen MR) is 79.3 cm³/mol. The summed E-state index contributed by atoms with van der Waals surface area (Å²) in [6.45, 7) is 0.591. The van der Waals surface area contributed by atoms with Gasteiger partial charge in [-0.3, -0.25) is 4.79 Å². The van der Waals surface area contributed by atoms with Gasteiger partial charge in [0.15, 0.2) is 0 Å². The summed E-state index contributed by atoms with van der Waals surface area (Å²) in [7, 11) is 1.79. The first-order valence-electron chi connectivity index (χ1n) is 5.30. The lowest BCUT2D eigenvalue weighted by molar-refractivity contribution is 0.0785. The molecule has 0 unspecified atom stereocenters. The number of carbonyl (C=O) groups excluding carboxylic acids is 1. The molecule has 0 fully saturated rings. The first-order valence-corrected chi connectivity index (χ1v) is 7.35. The number of benzene rings is 1. The van der Waals surface area contributed by atoms with E-state index in [1.54, 1.807) is 47.5 Å². The molecule has 0 bridgehead atoms. The van der Waals surface area contributed by atoms with Crippen LogP contribution in [0.15, 0.2) is 39.5 Å². The van der Waals surface area contributed by atoms with Crippen molar-refractivity contribution in [1.29, 1.82) is 0 Å². The fourth-order valence-electron chi connectivity index (χ4n) is 1.62. The highest BCUT2D eigenvalue weighted by molar-refractivity contribution is 9.11. The van der Waals surface area contributed by atoms with E-state index in [2.05, 4.69) is 15.9 Å². The minimum absolute atomic E-state index is 0.0279. The predicted octanol–water partition coefficient (Wildman–Crippen LogP) is 4.44. The van der Waals surface area contributed by atoms with Gasteiger partial charge in [-0.25, -0.2) is 0 Å². The molecule has 0 saturated carbocycles. The zero-order chi connectivity index (χ0) is 13.1. The SMILES string of the molecule is CN(Cc1csc(Br)c1)C(=O)c1cccc(Cl)c1. The van der Waals surface area contributed by atoms with Gasteiger partial charge in [-0.05, 0) is 51.1 Å². The van der Waals surface area contributed by atoms with E-state index in [9.17, 15) is 4.79 Å². The third kappa shape index (κ3) is 3.34. The van der Waals surface area contributed by atoms with Crippen LogP contribution in [0, 0.1) is 0 Å². The molecule has 5 heteroatoms. The first-order chi connectivity index (χ1) is 8.56. The van der Waals surface area contributed by atoms with E-state index in [1.165, 1.54) is 0 Å². The Morgan fingerprint density at radius 3 is 2.83 bits per heavy atom. The van der Waals surface area contributed by atoms with Crippen LogP contribution in [0.3, 0.4) is 0 Å². The fourth-order valence-corrected chi connectivity index (χ4v) is 3.01. The second kappa shape index (κ2) is 5.87. The normalized spacial score (nSPS) is 10.4. The highest BCUT2D eigenvalue weighted by atomic mass is 79.9. The number of nitrogens with zero attached hydrogens (tertiary/aromatic N) is 1. The molecule has 0 spiro atoms. The molecule has 1 amide bonds. The van der Waals surface area contributed by atoms with Gasteiger partial charge in [0.1, 0.15) is 0 Å². The van der Waals surface area contributed by atoms with Crippen LogP contribution in [-0.4, -0.2) is 17.9 Å². The largest absolute Gasteiger partial charge is 0.337 e. The van der Waals surface area contributed by atoms with Gasteiger partial charge in [-0.15, -0.1) is 11.3 Å². The molecular formula is C13H11BrClNOS. The summed E-state index contributed by atoms with van der Waals surface area (Å²) in [5.41, 5.74) is 1.73. The molecule has 0 saturated heterocycles. The Balaban J connectivity index is 2.09. The Morgan fingerprint density at radius 1 is 1.44 bits per heavy atom. The number of rotatable bonds is 3. The second-order valence-electron chi connectivity index (χ2n) is 3.93. The van der Waals surface area contributed by atoms with E-state index >= 15 is 0 Å². The lowest BCUT2D eigenvalue weighted by Crippen LogP contribution is -2.25. The van der Waals surface area contributed by atoms with Crippen molar-refractivity contribution in [1.82, 2.24) is 4.90 Å². The Bertz CT molecular complexity index is 570. The van der Waals surface area contributed by atoms with Crippen molar-refractivity contribution in [3.05, 3.63) is 55.6 Å². The Kier molecular flexibility index (Phi) is 4.43. The van der Waals surface area contributed by atoms with Crippen LogP contribution in [0.1, 0.15) is 15.9 Å². The smallest absolute Gasteiger partial charge is 0.253 e. The number of thiophene rings is 1. The van der Waals surface area contributed by atoms with E-state index in [0.717, 1.165) is 9.35 Å². The first kappa shape index (κ1) is 13.6. The van der Waals surface area contributed by atoms with Crippen LogP contribution in [0.25, 0.3) is 0 Å². The number of carbonyl (C=O) groups is 1. The van der Waals surface area contributed by atoms with Gasteiger partial charge in [-0.2, -0.15) is 0 Å². The fraction of sp³-hybridized carbons (Fsp3) is 0.154. The molecule has 0 aliphatic rings. The lowest BCUT2D eigenvalue weighted by Gasteiger charge is -2.16. The summed E-state index contributed by atoms with van der Waals surface area (Å²) in [5, 5.41) is 2.61. The maximum atomic E-state index is 12.2. The maximum absolute atomic E-state index is 12.2. The van der Waals surface area contributed by atoms with Crippen molar-refractivity contribution < 1.29 is 4.79 Å². The van der Waals surface area contributed by atoms with Crippen molar-refractivity contribution in [2.45, 2.75) is 6.54 Å². The molecule has 94 valence electrons. The van der Waals surface area contributed by atoms with Crippen molar-refractivity contribution in [3.8, 4) is 0 Å². The summed E-state index contributed by atoms with van der Waals surface area (Å²) in [6.07, 6.45) is 0. The molecule has 0 radical (unpaired) electrons. The molecule has 0 atom stereocenters. The van der Waals surface area contributed by atoms with E-state index < -0.39 is 0 Å². The highest BCUT2D eigenvalue weighted by Crippen LogP contribution is 2.22. The van der Waals surface area contributed by atoms with Crippen LogP contribution >= 0.6 is 38.9 Å². The summed E-state index contributed by atoms with van der Waals surface area (Å²) in [4.78, 5) is 13.8. The van der Waals surface area contributed by atoms with Gasteiger partial charge in [0.25, 0.3) is 5.91 Å². The van der Waals surface area contributed by atoms with Crippen LogP contribution in [0.2, 0.25) is 5.02 Å². The second-order valence-corrected chi connectivity index (χ2v) is 6.66. The zero-order valence-electron chi connectivity index (χ0n) is 9.69. The van der Waals surface area contributed by atoms with Crippen LogP contribution in [0.4, 0.5) is 0 Å². The minimum Gasteiger partial charge on any atom is -0.337 e. The molecular weight excluding hydrogens is 334 g/mol. The summed E-state index contributed by atoms with van der Waals surface area (Å²) in [5.74, 6) is -0.0279. The van der Waals surface area contributed by atoms with Gasteiger partial charge >= 0.3 is 0 Å². The zero-order valence-corrected chi connectivity index (χ0v) is 12.8. The molecule has 1 heterocycles. The van der Waals surface area contributed by atoms with E-state index in [1.807, 2.05) is 11.4 Å². The number of hydrogen-bond acceptors (Lipinski definition) is 2. The molecule has 18 heavy (non-hydrogen) atoms. The standard InChI is InChI=1S/C13H11BrClNOS/c1-16(7-9-5-12(14)18-8-9)13(17)10-3-2-4-11(15)6-10/h2-6,8H,7H2,1H3. The van der Waals surface area contributed by atoms with Crippen molar-refractivity contribution >= 4 is 44.8 Å². The van der Waals surface area contributed by atoms with Gasteiger partial charge in [0.05, 0.1) is 3.79 Å². The molecule has 1 aromatic heterocycles. The molecule has 0 aliphatic heterocycles. The summed E-state index contributed by atoms with van der Waals surface area (Å²) in [6, 6.07) is 9.02. The number of halogens is 2. The monoisotopic (exact) mass is 343 g/mol. The van der Waals surface area contributed by atoms with Gasteiger partial charge in [0.2, 0.25) is 0 Å². The van der Waals surface area contributed by atoms with Gasteiger partial charge in [0, 0.05) is 24.2 Å². The summed E-state index contributed by atoms with van der Waals surface area (Å²) >= 11 is 10.9. The van der Waals surface area contributed by atoms with Crippen molar-refractivity contribution in [2.75, 3.05) is 7.05 Å². The molecule has 0 aliphatic carbocycles. The van der Waals surface area contributed by atoms with Crippen molar-refractivity contribution in [2.24, 2.45) is 0 Å². The van der Waals surface area contributed by atoms with Gasteiger partial charge < -0.3 is 4.90 Å². The number of hydrogen-bond donors (Lipinski definition) is 0. The van der Waals surface area contributed by atoms with E-state index in [-0.39, 0.29) is 5.91 Å². The highest BCUT2D eigenvalue weighted by Gasteiger charge is 2.12. The Labute approximate surface area is 123 Å². The topological polar surface area (TPSA) is 20.3 Å². The molecule has 1 aromatic carbocycles. The van der Waals surface area contributed by atoms with Crippen LogP contribution in [-0.2, 0) is 6.54 Å².